The van der Waals surface area contributed by atoms with Crippen LogP contribution in [0.25, 0.3) is 0 Å². The minimum Gasteiger partial charge on any atom is -1.00 e. The molecule has 0 saturated heterocycles. The Labute approximate surface area is 42.2 Å². The molecule has 0 amide bonds. The number of benzene rings is 1. The van der Waals surface area contributed by atoms with Crippen molar-refractivity contribution in [3.8, 4) is 0 Å². The maximum absolute atomic E-state index is 2.00. The molecule has 1 aromatic rings. The maximum atomic E-state index is 2.00. The zero-order valence-electron chi connectivity index (χ0n) is 3.84. The number of rotatable bonds is 0. The summed E-state index contributed by atoms with van der Waals surface area (Å²) < 4.78 is 0. The van der Waals surface area contributed by atoms with Crippen LogP contribution in [0.1, 0.15) is 0 Å². The zero-order valence-corrected chi connectivity index (χ0v) is 3.84. The molecule has 0 aliphatic carbocycles. The average molecular weight is 97.1 g/mol. The quantitative estimate of drug-likeness (QED) is 0.377. The maximum Gasteiger partial charge on any atom is -0.0623 e. The first-order valence-corrected chi connectivity index (χ1v) is 2.00. The van der Waals surface area contributed by atoms with Gasteiger partial charge in [-0.2, -0.15) is 0 Å². The first-order chi connectivity index (χ1) is 3.00. The van der Waals surface area contributed by atoms with Crippen molar-refractivity contribution in [2.75, 3.05) is 0 Å². The van der Waals surface area contributed by atoms with Gasteiger partial charge in [0.25, 0.3) is 0 Å². The van der Waals surface area contributed by atoms with Crippen molar-refractivity contribution >= 4 is 0 Å². The number of hydrogen-bond donors (Lipinski definition) is 0. The molecule has 38 valence electrons. The van der Waals surface area contributed by atoms with E-state index >= 15 is 0 Å². The van der Waals surface area contributed by atoms with E-state index in [1.807, 2.05) is 36.4 Å². The summed E-state index contributed by atoms with van der Waals surface area (Å²) in [5.74, 6) is 0. The van der Waals surface area contributed by atoms with Gasteiger partial charge >= 0.3 is 0 Å². The van der Waals surface area contributed by atoms with Gasteiger partial charge in [-0.3, -0.25) is 0 Å². The van der Waals surface area contributed by atoms with Crippen molar-refractivity contribution in [3.63, 3.8) is 0 Å². The Hall–Kier alpha value is -0.850. The van der Waals surface area contributed by atoms with Crippen LogP contribution < -0.4 is 4.70 Å². The Morgan fingerprint density at radius 1 is 0.429 bits per heavy atom. The van der Waals surface area contributed by atoms with Gasteiger partial charge in [-0.15, -0.1) is 0 Å². The molecule has 0 aromatic heterocycles. The van der Waals surface area contributed by atoms with Crippen LogP contribution in [0.15, 0.2) is 36.4 Å². The van der Waals surface area contributed by atoms with Crippen molar-refractivity contribution < 1.29 is 4.70 Å². The molecule has 0 atom stereocenters. The van der Waals surface area contributed by atoms with Crippen molar-refractivity contribution in [1.29, 1.82) is 0 Å². The van der Waals surface area contributed by atoms with E-state index in [0.29, 0.717) is 0 Å². The van der Waals surface area contributed by atoms with Gasteiger partial charge < -0.3 is 4.70 Å². The van der Waals surface area contributed by atoms with E-state index in [9.17, 15) is 0 Å². The van der Waals surface area contributed by atoms with E-state index in [1.165, 1.54) is 0 Å². The van der Waals surface area contributed by atoms with Crippen LogP contribution in [-0.2, 0) is 0 Å². The molecule has 0 unspecified atom stereocenters. The molecule has 0 heterocycles. The van der Waals surface area contributed by atoms with Gasteiger partial charge in [-0.25, -0.2) is 0 Å². The Morgan fingerprint density at radius 3 is 0.714 bits per heavy atom. The number of hydrogen-bond acceptors (Lipinski definition) is 0. The van der Waals surface area contributed by atoms with Gasteiger partial charge in [0.15, 0.2) is 0 Å². The van der Waals surface area contributed by atoms with E-state index in [0.717, 1.165) is 0 Å². The summed E-state index contributed by atoms with van der Waals surface area (Å²) in [7, 11) is 0. The highest BCUT2D eigenvalue weighted by Crippen LogP contribution is 1.79. The molecule has 0 bridgehead atoms. The van der Waals surface area contributed by atoms with Crippen LogP contribution >= 0.6 is 0 Å². The van der Waals surface area contributed by atoms with Crippen molar-refractivity contribution in [2.24, 2.45) is 0 Å². The van der Waals surface area contributed by atoms with Crippen molar-refractivity contribution in [2.45, 2.75) is 0 Å². The molecular weight excluding hydrogens is 91.1 g/mol. The standard InChI is InChI=1S/C6H6.FH/c1-2-4-6-5-3-1;/h1-6H;1H/p-1. The second kappa shape index (κ2) is 3.34. The lowest BCUT2D eigenvalue weighted by molar-refractivity contribution is -0.00000120. The molecule has 1 heteroatoms. The Morgan fingerprint density at radius 2 is 0.571 bits per heavy atom. The summed E-state index contributed by atoms with van der Waals surface area (Å²) >= 11 is 0. The summed E-state index contributed by atoms with van der Waals surface area (Å²) in [6.45, 7) is 0. The fraction of sp³-hybridized carbons (Fsp3) is 0. The van der Waals surface area contributed by atoms with E-state index in [1.54, 1.807) is 0 Å². The van der Waals surface area contributed by atoms with Gasteiger partial charge in [-0.1, -0.05) is 36.4 Å². The monoisotopic (exact) mass is 97.0 g/mol. The topological polar surface area (TPSA) is 0 Å². The largest absolute Gasteiger partial charge is 1.00 e. The van der Waals surface area contributed by atoms with Crippen LogP contribution in [0.3, 0.4) is 0 Å². The first-order valence-electron chi connectivity index (χ1n) is 2.00. The Bertz CT molecular complexity index is 76.1. The van der Waals surface area contributed by atoms with Gasteiger partial charge in [0, 0.05) is 0 Å². The van der Waals surface area contributed by atoms with E-state index in [2.05, 4.69) is 0 Å². The average Bonchev–Trinajstić information content (AvgIpc) is 1.72. The molecule has 0 radical (unpaired) electrons. The fourth-order valence-electron chi connectivity index (χ4n) is 0.385. The molecule has 0 saturated carbocycles. The summed E-state index contributed by atoms with van der Waals surface area (Å²) in [6, 6.07) is 12.0. The predicted molar refractivity (Wildman–Crippen MR) is 26.4 cm³/mol. The molecular formula is C6H6F-. The van der Waals surface area contributed by atoms with E-state index < -0.39 is 0 Å². The van der Waals surface area contributed by atoms with E-state index in [4.69, 9.17) is 0 Å². The zero-order chi connectivity index (χ0) is 4.24. The SMILES string of the molecule is [F-].c1ccccc1. The van der Waals surface area contributed by atoms with Crippen molar-refractivity contribution in [1.82, 2.24) is 0 Å². The predicted octanol–water partition coefficient (Wildman–Crippen LogP) is -1.31. The summed E-state index contributed by atoms with van der Waals surface area (Å²) in [6.07, 6.45) is 0. The summed E-state index contributed by atoms with van der Waals surface area (Å²) in [5, 5.41) is 0. The second-order valence-corrected chi connectivity index (χ2v) is 1.15. The molecule has 7 heavy (non-hydrogen) atoms. The normalized spacial score (nSPS) is 6.86. The van der Waals surface area contributed by atoms with Gasteiger partial charge in [-0.05, 0) is 0 Å². The van der Waals surface area contributed by atoms with Gasteiger partial charge in [0.05, 0.1) is 0 Å². The number of halogens is 1. The highest BCUT2D eigenvalue weighted by atomic mass is 19.0. The van der Waals surface area contributed by atoms with Crippen LogP contribution in [0.2, 0.25) is 0 Å². The third-order valence-corrected chi connectivity index (χ3v) is 0.667. The minimum atomic E-state index is 0. The molecule has 0 nitrogen and oxygen atoms in total. The molecule has 0 spiro atoms. The molecule has 1 rings (SSSR count). The summed E-state index contributed by atoms with van der Waals surface area (Å²) in [4.78, 5) is 0. The second-order valence-electron chi connectivity index (χ2n) is 1.15. The lowest BCUT2D eigenvalue weighted by atomic mass is 10.4. The molecule has 0 aliphatic heterocycles. The smallest absolute Gasteiger partial charge is 0.0623 e. The van der Waals surface area contributed by atoms with Crippen molar-refractivity contribution in [3.05, 3.63) is 36.4 Å². The first kappa shape index (κ1) is 6.15. The third kappa shape index (κ3) is 1.93. The molecule has 0 N–H and O–H groups in total. The molecule has 1 aromatic carbocycles. The summed E-state index contributed by atoms with van der Waals surface area (Å²) in [5.41, 5.74) is 0. The Balaban J connectivity index is 0.000000360. The minimum absolute atomic E-state index is 0. The van der Waals surface area contributed by atoms with Crippen LogP contribution in [0.5, 0.6) is 0 Å². The van der Waals surface area contributed by atoms with E-state index in [-0.39, 0.29) is 4.70 Å². The highest BCUT2D eigenvalue weighted by Gasteiger charge is 1.57. The van der Waals surface area contributed by atoms with Gasteiger partial charge in [0.1, 0.15) is 0 Å². The third-order valence-electron chi connectivity index (χ3n) is 0.667. The highest BCUT2D eigenvalue weighted by molar-refractivity contribution is 4.99. The van der Waals surface area contributed by atoms with Gasteiger partial charge in [0.2, 0.25) is 0 Å². The van der Waals surface area contributed by atoms with Crippen LogP contribution in [0, 0.1) is 0 Å². The molecule has 0 fully saturated rings. The lowest BCUT2D eigenvalue weighted by Gasteiger charge is -1.69. The Kier molecular flexibility index (Phi) is 2.94. The molecule has 0 aliphatic rings. The lowest BCUT2D eigenvalue weighted by Crippen LogP contribution is -3.00. The van der Waals surface area contributed by atoms with Crippen LogP contribution in [-0.4, -0.2) is 0 Å². The van der Waals surface area contributed by atoms with Crippen LogP contribution in [0.4, 0.5) is 0 Å². The fourth-order valence-corrected chi connectivity index (χ4v) is 0.385.